The van der Waals surface area contributed by atoms with Crippen LogP contribution in [-0.4, -0.2) is 36.8 Å². The molecule has 1 aliphatic rings. The van der Waals surface area contributed by atoms with Crippen LogP contribution in [-0.2, 0) is 6.54 Å². The zero-order valence-electron chi connectivity index (χ0n) is 13.0. The first-order valence-electron chi connectivity index (χ1n) is 7.82. The van der Waals surface area contributed by atoms with Gasteiger partial charge in [-0.05, 0) is 17.2 Å². The minimum absolute atomic E-state index is 0.216. The molecule has 1 fully saturated rings. The van der Waals surface area contributed by atoms with E-state index in [9.17, 15) is 5.11 Å². The van der Waals surface area contributed by atoms with Gasteiger partial charge in [0.2, 0.25) is 0 Å². The van der Waals surface area contributed by atoms with Gasteiger partial charge in [-0.3, -0.25) is 4.90 Å². The smallest absolute Gasteiger partial charge is 0.122 e. The maximum absolute atomic E-state index is 9.78. The number of ether oxygens (including phenoxy) is 1. The first-order valence-corrected chi connectivity index (χ1v) is 7.82. The van der Waals surface area contributed by atoms with E-state index in [4.69, 9.17) is 4.74 Å². The summed E-state index contributed by atoms with van der Waals surface area (Å²) in [6, 6.07) is 18.7. The van der Waals surface area contributed by atoms with Gasteiger partial charge in [-0.15, -0.1) is 0 Å². The molecule has 0 aromatic heterocycles. The summed E-state index contributed by atoms with van der Waals surface area (Å²) in [6.45, 7) is 3.03. The highest BCUT2D eigenvalue weighted by molar-refractivity contribution is 5.37. The van der Waals surface area contributed by atoms with Gasteiger partial charge in [0.25, 0.3) is 0 Å². The van der Waals surface area contributed by atoms with Crippen molar-refractivity contribution in [3.05, 3.63) is 65.7 Å². The number of benzene rings is 2. The zero-order chi connectivity index (χ0) is 15.4. The molecule has 1 N–H and O–H groups in total. The predicted octanol–water partition coefficient (Wildman–Crippen LogP) is 2.90. The number of para-hydroxylation sites is 1. The Labute approximate surface area is 132 Å². The molecule has 3 heteroatoms. The quantitative estimate of drug-likeness (QED) is 0.921. The van der Waals surface area contributed by atoms with Crippen LogP contribution in [0.1, 0.15) is 17.0 Å². The van der Waals surface area contributed by atoms with Crippen molar-refractivity contribution in [2.24, 2.45) is 5.92 Å². The molecule has 0 spiro atoms. The van der Waals surface area contributed by atoms with E-state index in [0.717, 1.165) is 25.4 Å². The Morgan fingerprint density at radius 1 is 1.05 bits per heavy atom. The third-order valence-corrected chi connectivity index (χ3v) is 4.54. The average Bonchev–Trinajstić information content (AvgIpc) is 2.98. The Morgan fingerprint density at radius 3 is 2.50 bits per heavy atom. The second-order valence-electron chi connectivity index (χ2n) is 5.97. The summed E-state index contributed by atoms with van der Waals surface area (Å²) in [4.78, 5) is 2.42. The molecule has 1 aliphatic heterocycles. The highest BCUT2D eigenvalue weighted by Crippen LogP contribution is 2.37. The highest BCUT2D eigenvalue weighted by atomic mass is 16.5. The Balaban J connectivity index is 1.77. The van der Waals surface area contributed by atoms with Crippen molar-refractivity contribution in [1.29, 1.82) is 0 Å². The molecule has 3 rings (SSSR count). The normalized spacial score (nSPS) is 21.9. The van der Waals surface area contributed by atoms with Crippen molar-refractivity contribution >= 4 is 0 Å². The van der Waals surface area contributed by atoms with Crippen LogP contribution in [0.4, 0.5) is 0 Å². The standard InChI is InChI=1S/C19H23NO2/c1-22-19-10-6-5-9-17(19)18-13-20(12-16(18)14-21)11-15-7-3-2-4-8-15/h2-10,16,18,21H,11-14H2,1H3/t16-,18+/m0/s1. The maximum atomic E-state index is 9.78. The number of methoxy groups -OCH3 is 1. The molecule has 0 bridgehead atoms. The first kappa shape index (κ1) is 15.1. The molecule has 3 nitrogen and oxygen atoms in total. The van der Waals surface area contributed by atoms with E-state index in [1.165, 1.54) is 11.1 Å². The topological polar surface area (TPSA) is 32.7 Å². The van der Waals surface area contributed by atoms with Gasteiger partial charge in [0.05, 0.1) is 7.11 Å². The van der Waals surface area contributed by atoms with E-state index in [1.54, 1.807) is 7.11 Å². The van der Waals surface area contributed by atoms with Gasteiger partial charge < -0.3 is 9.84 Å². The molecular weight excluding hydrogens is 274 g/mol. The van der Waals surface area contributed by atoms with Crippen molar-refractivity contribution in [3.63, 3.8) is 0 Å². The molecule has 0 unspecified atom stereocenters. The van der Waals surface area contributed by atoms with Crippen LogP contribution in [0.2, 0.25) is 0 Å². The molecule has 116 valence electrons. The molecule has 0 radical (unpaired) electrons. The molecule has 2 aromatic rings. The fraction of sp³-hybridized carbons (Fsp3) is 0.368. The second kappa shape index (κ2) is 6.95. The Kier molecular flexibility index (Phi) is 4.76. The number of likely N-dealkylation sites (tertiary alicyclic amines) is 1. The van der Waals surface area contributed by atoms with Crippen molar-refractivity contribution in [1.82, 2.24) is 4.90 Å². The van der Waals surface area contributed by atoms with E-state index < -0.39 is 0 Å². The van der Waals surface area contributed by atoms with Crippen LogP contribution in [0.5, 0.6) is 5.75 Å². The summed E-state index contributed by atoms with van der Waals surface area (Å²) in [5.41, 5.74) is 2.53. The van der Waals surface area contributed by atoms with Gasteiger partial charge in [-0.25, -0.2) is 0 Å². The lowest BCUT2D eigenvalue weighted by atomic mass is 9.89. The van der Waals surface area contributed by atoms with Crippen molar-refractivity contribution in [3.8, 4) is 5.75 Å². The van der Waals surface area contributed by atoms with E-state index >= 15 is 0 Å². The van der Waals surface area contributed by atoms with Gasteiger partial charge in [0.15, 0.2) is 0 Å². The lowest BCUT2D eigenvalue weighted by Gasteiger charge is -2.19. The molecule has 0 aliphatic carbocycles. The minimum Gasteiger partial charge on any atom is -0.496 e. The number of rotatable bonds is 5. The van der Waals surface area contributed by atoms with E-state index in [0.29, 0.717) is 5.92 Å². The summed E-state index contributed by atoms with van der Waals surface area (Å²) in [7, 11) is 1.71. The number of hydrogen-bond donors (Lipinski definition) is 1. The van der Waals surface area contributed by atoms with Gasteiger partial charge >= 0.3 is 0 Å². The number of hydrogen-bond acceptors (Lipinski definition) is 3. The number of aliphatic hydroxyl groups excluding tert-OH is 1. The van der Waals surface area contributed by atoms with Crippen molar-refractivity contribution < 1.29 is 9.84 Å². The Morgan fingerprint density at radius 2 is 1.77 bits per heavy atom. The zero-order valence-corrected chi connectivity index (χ0v) is 13.0. The third kappa shape index (κ3) is 3.16. The van der Waals surface area contributed by atoms with Crippen LogP contribution in [0.15, 0.2) is 54.6 Å². The molecule has 1 heterocycles. The minimum atomic E-state index is 0.216. The van der Waals surface area contributed by atoms with E-state index in [2.05, 4.69) is 35.2 Å². The highest BCUT2D eigenvalue weighted by Gasteiger charge is 2.34. The van der Waals surface area contributed by atoms with Crippen molar-refractivity contribution in [2.75, 3.05) is 26.8 Å². The molecular formula is C19H23NO2. The summed E-state index contributed by atoms with van der Waals surface area (Å²) >= 11 is 0. The van der Waals surface area contributed by atoms with Crippen LogP contribution in [0, 0.1) is 5.92 Å². The molecule has 0 amide bonds. The molecule has 1 saturated heterocycles. The molecule has 22 heavy (non-hydrogen) atoms. The van der Waals surface area contributed by atoms with Gasteiger partial charge in [0, 0.05) is 38.1 Å². The number of aliphatic hydroxyl groups is 1. The molecule has 2 aromatic carbocycles. The SMILES string of the molecule is COc1ccccc1[C@@H]1CN(Cc2ccccc2)C[C@H]1CO. The van der Waals surface area contributed by atoms with Gasteiger partial charge in [0.1, 0.15) is 5.75 Å². The monoisotopic (exact) mass is 297 g/mol. The fourth-order valence-electron chi connectivity index (χ4n) is 3.44. The Bertz CT molecular complexity index is 599. The fourth-order valence-corrected chi connectivity index (χ4v) is 3.44. The number of nitrogens with zero attached hydrogens (tertiary/aromatic N) is 1. The van der Waals surface area contributed by atoms with Crippen LogP contribution in [0.3, 0.4) is 0 Å². The first-order chi connectivity index (χ1) is 10.8. The average molecular weight is 297 g/mol. The lowest BCUT2D eigenvalue weighted by molar-refractivity contribution is 0.213. The largest absolute Gasteiger partial charge is 0.496 e. The summed E-state index contributed by atoms with van der Waals surface area (Å²) in [5.74, 6) is 1.51. The molecule has 2 atom stereocenters. The maximum Gasteiger partial charge on any atom is 0.122 e. The Hall–Kier alpha value is -1.84. The van der Waals surface area contributed by atoms with E-state index in [1.807, 2.05) is 24.3 Å². The third-order valence-electron chi connectivity index (χ3n) is 4.54. The van der Waals surface area contributed by atoms with Crippen molar-refractivity contribution in [2.45, 2.75) is 12.5 Å². The second-order valence-corrected chi connectivity index (χ2v) is 5.97. The summed E-state index contributed by atoms with van der Waals surface area (Å²) < 4.78 is 5.50. The van der Waals surface area contributed by atoms with Crippen LogP contribution < -0.4 is 4.74 Å². The van der Waals surface area contributed by atoms with Crippen LogP contribution >= 0.6 is 0 Å². The van der Waals surface area contributed by atoms with Crippen LogP contribution in [0.25, 0.3) is 0 Å². The summed E-state index contributed by atoms with van der Waals surface area (Å²) in [5, 5.41) is 9.78. The molecule has 0 saturated carbocycles. The van der Waals surface area contributed by atoms with Gasteiger partial charge in [-0.2, -0.15) is 0 Å². The predicted molar refractivity (Wildman–Crippen MR) is 88.0 cm³/mol. The van der Waals surface area contributed by atoms with E-state index in [-0.39, 0.29) is 12.5 Å². The summed E-state index contributed by atoms with van der Waals surface area (Å²) in [6.07, 6.45) is 0. The lowest BCUT2D eigenvalue weighted by Crippen LogP contribution is -2.20. The van der Waals surface area contributed by atoms with Gasteiger partial charge in [-0.1, -0.05) is 48.5 Å².